The lowest BCUT2D eigenvalue weighted by atomic mass is 10.2. The number of aromatic nitrogens is 5. The summed E-state index contributed by atoms with van der Waals surface area (Å²) in [7, 11) is 3.52. The number of ether oxygens (including phenoxy) is 1. The second-order valence-corrected chi connectivity index (χ2v) is 7.08. The van der Waals surface area contributed by atoms with Crippen molar-refractivity contribution in [1.82, 2.24) is 25.0 Å². The van der Waals surface area contributed by atoms with Gasteiger partial charge in [0.2, 0.25) is 11.8 Å². The third-order valence-electron chi connectivity index (χ3n) is 3.98. The van der Waals surface area contributed by atoms with Gasteiger partial charge in [0.05, 0.1) is 18.6 Å². The average molecular weight is 383 g/mol. The monoisotopic (exact) mass is 383 g/mol. The van der Waals surface area contributed by atoms with Gasteiger partial charge in [0.1, 0.15) is 5.75 Å². The van der Waals surface area contributed by atoms with Crippen molar-refractivity contribution in [3.05, 3.63) is 48.6 Å². The summed E-state index contributed by atoms with van der Waals surface area (Å²) in [5.41, 5.74) is 0.838. The first-order chi connectivity index (χ1) is 13.2. The molecule has 3 aromatic heterocycles. The van der Waals surface area contributed by atoms with Gasteiger partial charge in [0.15, 0.2) is 16.7 Å². The van der Waals surface area contributed by atoms with Crippen LogP contribution in [0, 0.1) is 0 Å². The molecule has 0 radical (unpaired) electrons. The molecule has 4 aromatic rings. The van der Waals surface area contributed by atoms with Crippen LogP contribution >= 0.6 is 11.8 Å². The summed E-state index contributed by atoms with van der Waals surface area (Å²) < 4.78 is 18.3. The van der Waals surface area contributed by atoms with E-state index in [2.05, 4.69) is 20.4 Å². The Labute approximate surface area is 159 Å². The van der Waals surface area contributed by atoms with Gasteiger partial charge in [-0.3, -0.25) is 0 Å². The summed E-state index contributed by atoms with van der Waals surface area (Å²) in [5.74, 6) is 3.10. The predicted molar refractivity (Wildman–Crippen MR) is 99.3 cm³/mol. The van der Waals surface area contributed by atoms with Crippen molar-refractivity contribution in [2.75, 3.05) is 7.11 Å². The number of benzene rings is 1. The van der Waals surface area contributed by atoms with Crippen molar-refractivity contribution in [1.29, 1.82) is 0 Å². The number of hydrogen-bond acceptors (Lipinski definition) is 8. The molecule has 138 valence electrons. The first kappa shape index (κ1) is 17.3. The van der Waals surface area contributed by atoms with Crippen molar-refractivity contribution in [2.45, 2.75) is 17.3 Å². The fourth-order valence-electron chi connectivity index (χ4n) is 2.50. The fourth-order valence-corrected chi connectivity index (χ4v) is 3.34. The Bertz CT molecular complexity index is 1020. The molecule has 0 amide bonds. The SMILES string of the molecule is COc1ccc(-c2nnc([C@H](C)Sc3nnc(-c4ccco4)n3C)o2)cc1. The van der Waals surface area contributed by atoms with Crippen LogP contribution in [0.4, 0.5) is 0 Å². The second-order valence-electron chi connectivity index (χ2n) is 5.78. The molecule has 3 heterocycles. The van der Waals surface area contributed by atoms with E-state index >= 15 is 0 Å². The molecular weight excluding hydrogens is 366 g/mol. The van der Waals surface area contributed by atoms with Crippen LogP contribution in [0.15, 0.2) is 56.7 Å². The molecule has 4 rings (SSSR count). The molecule has 0 saturated carbocycles. The van der Waals surface area contributed by atoms with E-state index in [1.54, 1.807) is 13.4 Å². The number of methoxy groups -OCH3 is 1. The Balaban J connectivity index is 1.51. The zero-order valence-corrected chi connectivity index (χ0v) is 15.8. The zero-order chi connectivity index (χ0) is 18.8. The summed E-state index contributed by atoms with van der Waals surface area (Å²) in [6, 6.07) is 11.1. The molecule has 0 aliphatic carbocycles. The maximum Gasteiger partial charge on any atom is 0.247 e. The van der Waals surface area contributed by atoms with Gasteiger partial charge in [-0.2, -0.15) is 0 Å². The topological polar surface area (TPSA) is 92.0 Å². The quantitative estimate of drug-likeness (QED) is 0.462. The Morgan fingerprint density at radius 1 is 1.07 bits per heavy atom. The molecule has 0 saturated heterocycles. The van der Waals surface area contributed by atoms with Gasteiger partial charge < -0.3 is 18.1 Å². The summed E-state index contributed by atoms with van der Waals surface area (Å²) in [5, 5.41) is 17.4. The molecule has 0 bridgehead atoms. The van der Waals surface area contributed by atoms with Gasteiger partial charge in [0.25, 0.3) is 0 Å². The average Bonchev–Trinajstić information content (AvgIpc) is 3.44. The number of nitrogens with zero attached hydrogens (tertiary/aromatic N) is 5. The maximum atomic E-state index is 5.84. The smallest absolute Gasteiger partial charge is 0.247 e. The van der Waals surface area contributed by atoms with Gasteiger partial charge >= 0.3 is 0 Å². The van der Waals surface area contributed by atoms with Gasteiger partial charge in [0, 0.05) is 12.6 Å². The van der Waals surface area contributed by atoms with Gasteiger partial charge in [-0.15, -0.1) is 20.4 Å². The van der Waals surface area contributed by atoms with Crippen LogP contribution in [0.2, 0.25) is 0 Å². The van der Waals surface area contributed by atoms with Crippen LogP contribution in [-0.4, -0.2) is 32.1 Å². The molecule has 1 aromatic carbocycles. The Morgan fingerprint density at radius 2 is 1.89 bits per heavy atom. The largest absolute Gasteiger partial charge is 0.497 e. The van der Waals surface area contributed by atoms with E-state index in [1.165, 1.54) is 11.8 Å². The van der Waals surface area contributed by atoms with Crippen molar-refractivity contribution in [3.63, 3.8) is 0 Å². The highest BCUT2D eigenvalue weighted by Crippen LogP contribution is 2.35. The van der Waals surface area contributed by atoms with Crippen molar-refractivity contribution < 1.29 is 13.6 Å². The summed E-state index contributed by atoms with van der Waals surface area (Å²) in [6.07, 6.45) is 1.61. The zero-order valence-electron chi connectivity index (χ0n) is 15.0. The minimum Gasteiger partial charge on any atom is -0.497 e. The third-order valence-corrected chi connectivity index (χ3v) is 5.11. The van der Waals surface area contributed by atoms with E-state index in [-0.39, 0.29) is 5.25 Å². The standard InChI is InChI=1S/C18H17N5O3S/c1-11(27-18-22-19-15(23(18)2)14-5-4-10-25-14)16-20-21-17(26-16)12-6-8-13(24-3)9-7-12/h4-11H,1-3H3/t11-/m0/s1. The molecule has 1 atom stereocenters. The van der Waals surface area contributed by atoms with Gasteiger partial charge in [-0.05, 0) is 43.3 Å². The molecule has 0 aliphatic rings. The van der Waals surface area contributed by atoms with Gasteiger partial charge in [-0.25, -0.2) is 0 Å². The molecule has 8 nitrogen and oxygen atoms in total. The highest BCUT2D eigenvalue weighted by molar-refractivity contribution is 7.99. The molecule has 0 unspecified atom stereocenters. The highest BCUT2D eigenvalue weighted by atomic mass is 32.2. The number of rotatable bonds is 6. The highest BCUT2D eigenvalue weighted by Gasteiger charge is 2.21. The van der Waals surface area contributed by atoms with E-state index in [0.29, 0.717) is 23.4 Å². The molecule has 9 heteroatoms. The van der Waals surface area contributed by atoms with Crippen LogP contribution < -0.4 is 4.74 Å². The van der Waals surface area contributed by atoms with E-state index < -0.39 is 0 Å². The lowest BCUT2D eigenvalue weighted by Gasteiger charge is -2.06. The Morgan fingerprint density at radius 3 is 2.59 bits per heavy atom. The van der Waals surface area contributed by atoms with Gasteiger partial charge in [-0.1, -0.05) is 11.8 Å². The van der Waals surface area contributed by atoms with E-state index in [1.807, 2.05) is 54.9 Å². The lowest BCUT2D eigenvalue weighted by molar-refractivity contribution is 0.415. The van der Waals surface area contributed by atoms with Crippen molar-refractivity contribution >= 4 is 11.8 Å². The normalized spacial score (nSPS) is 12.3. The Hall–Kier alpha value is -3.07. The van der Waals surface area contributed by atoms with E-state index in [9.17, 15) is 0 Å². The van der Waals surface area contributed by atoms with Crippen molar-refractivity contribution in [2.24, 2.45) is 7.05 Å². The number of thioether (sulfide) groups is 1. The van der Waals surface area contributed by atoms with Crippen LogP contribution in [0.3, 0.4) is 0 Å². The number of hydrogen-bond donors (Lipinski definition) is 0. The van der Waals surface area contributed by atoms with Crippen LogP contribution in [0.5, 0.6) is 5.75 Å². The minimum absolute atomic E-state index is 0.0863. The lowest BCUT2D eigenvalue weighted by Crippen LogP contribution is -1.96. The fraction of sp³-hybridized carbons (Fsp3) is 0.222. The molecule has 0 aliphatic heterocycles. The minimum atomic E-state index is -0.0863. The first-order valence-corrected chi connectivity index (χ1v) is 9.11. The van der Waals surface area contributed by atoms with Crippen molar-refractivity contribution in [3.8, 4) is 28.8 Å². The maximum absolute atomic E-state index is 5.84. The summed E-state index contributed by atoms with van der Waals surface area (Å²) in [6.45, 7) is 1.98. The molecule has 27 heavy (non-hydrogen) atoms. The first-order valence-electron chi connectivity index (χ1n) is 8.23. The van der Waals surface area contributed by atoms with Crippen LogP contribution in [0.1, 0.15) is 18.1 Å². The van der Waals surface area contributed by atoms with E-state index in [0.717, 1.165) is 16.5 Å². The van der Waals surface area contributed by atoms with Crippen LogP contribution in [-0.2, 0) is 7.05 Å². The van der Waals surface area contributed by atoms with Crippen LogP contribution in [0.25, 0.3) is 23.0 Å². The molecular formula is C18H17N5O3S. The predicted octanol–water partition coefficient (Wildman–Crippen LogP) is 3.99. The molecule has 0 fully saturated rings. The summed E-state index contributed by atoms with van der Waals surface area (Å²) >= 11 is 1.49. The Kier molecular flexibility index (Phi) is 4.68. The van der Waals surface area contributed by atoms with E-state index in [4.69, 9.17) is 13.6 Å². The third kappa shape index (κ3) is 3.45. The molecule has 0 N–H and O–H groups in total. The number of furan rings is 1. The summed E-state index contributed by atoms with van der Waals surface area (Å²) in [4.78, 5) is 0. The second kappa shape index (κ2) is 7.28. The molecule has 0 spiro atoms.